The quantitative estimate of drug-likeness (QED) is 0.405. The molecule has 0 fully saturated rings. The summed E-state index contributed by atoms with van der Waals surface area (Å²) in [5.74, 6) is 2.96. The summed E-state index contributed by atoms with van der Waals surface area (Å²) < 4.78 is 18.2. The van der Waals surface area contributed by atoms with Crippen LogP contribution in [0, 0.1) is 27.7 Å². The van der Waals surface area contributed by atoms with Crippen LogP contribution < -0.4 is 19.5 Å². The Bertz CT molecular complexity index is 1380. The Kier molecular flexibility index (Phi) is 6.68. The fraction of sp³-hybridized carbons (Fsp3) is 0.231. The number of nitrogens with one attached hydrogen (secondary N) is 1. The number of benzene rings is 2. The van der Waals surface area contributed by atoms with Crippen molar-refractivity contribution in [3.63, 3.8) is 0 Å². The predicted octanol–water partition coefficient (Wildman–Crippen LogP) is 4.96. The van der Waals surface area contributed by atoms with Crippen LogP contribution in [-0.4, -0.2) is 39.9 Å². The Balaban J connectivity index is 1.48. The molecule has 0 unspecified atom stereocenters. The van der Waals surface area contributed by atoms with Gasteiger partial charge in [-0.15, -0.1) is 0 Å². The summed E-state index contributed by atoms with van der Waals surface area (Å²) in [5.41, 5.74) is 4.16. The molecule has 4 aromatic rings. The van der Waals surface area contributed by atoms with E-state index in [1.807, 2.05) is 27.7 Å². The number of aromatic nitrogens is 4. The van der Waals surface area contributed by atoms with Crippen molar-refractivity contribution in [1.29, 1.82) is 0 Å². The first-order valence-electron chi connectivity index (χ1n) is 11.0. The molecule has 0 spiro atoms. The van der Waals surface area contributed by atoms with Gasteiger partial charge in [0, 0.05) is 23.0 Å². The number of nitrogens with zero attached hydrogens (tertiary/aromatic N) is 4. The van der Waals surface area contributed by atoms with Gasteiger partial charge in [0.25, 0.3) is 5.91 Å². The van der Waals surface area contributed by atoms with Gasteiger partial charge in [-0.1, -0.05) is 0 Å². The van der Waals surface area contributed by atoms with E-state index in [2.05, 4.69) is 20.4 Å². The van der Waals surface area contributed by atoms with Gasteiger partial charge in [-0.25, -0.2) is 9.67 Å². The fourth-order valence-electron chi connectivity index (χ4n) is 3.54. The zero-order chi connectivity index (χ0) is 25.1. The van der Waals surface area contributed by atoms with Gasteiger partial charge in [0.2, 0.25) is 5.88 Å². The number of aryl methyl sites for hydroxylation is 2. The summed E-state index contributed by atoms with van der Waals surface area (Å²) in [4.78, 5) is 21.5. The predicted molar refractivity (Wildman–Crippen MR) is 132 cm³/mol. The van der Waals surface area contributed by atoms with Gasteiger partial charge in [0.05, 0.1) is 19.9 Å². The molecule has 0 atom stereocenters. The number of anilines is 1. The average molecular weight is 474 g/mol. The lowest BCUT2D eigenvalue weighted by Gasteiger charge is -2.11. The maximum atomic E-state index is 12.7. The van der Waals surface area contributed by atoms with Crippen molar-refractivity contribution in [3.05, 3.63) is 76.9 Å². The van der Waals surface area contributed by atoms with Gasteiger partial charge in [-0.3, -0.25) is 4.79 Å². The molecule has 180 valence electrons. The summed E-state index contributed by atoms with van der Waals surface area (Å²) in [6.45, 7) is 7.81. The zero-order valence-corrected chi connectivity index (χ0v) is 20.5. The molecule has 0 aliphatic carbocycles. The molecule has 2 aromatic heterocycles. The van der Waals surface area contributed by atoms with E-state index >= 15 is 0 Å². The molecule has 1 N–H and O–H groups in total. The van der Waals surface area contributed by atoms with E-state index in [1.165, 1.54) is 7.11 Å². The fourth-order valence-corrected chi connectivity index (χ4v) is 3.54. The molecule has 0 saturated heterocycles. The second-order valence-electron chi connectivity index (χ2n) is 7.97. The highest BCUT2D eigenvalue weighted by Crippen LogP contribution is 2.28. The second kappa shape index (κ2) is 9.84. The van der Waals surface area contributed by atoms with Crippen LogP contribution in [0.25, 0.3) is 5.82 Å². The van der Waals surface area contributed by atoms with E-state index in [-0.39, 0.29) is 5.91 Å². The molecule has 0 aliphatic heterocycles. The highest BCUT2D eigenvalue weighted by Gasteiger charge is 2.14. The summed E-state index contributed by atoms with van der Waals surface area (Å²) >= 11 is 0. The van der Waals surface area contributed by atoms with Crippen LogP contribution in [0.1, 0.15) is 33.1 Å². The van der Waals surface area contributed by atoms with Crippen LogP contribution in [-0.2, 0) is 0 Å². The Labute approximate surface area is 203 Å². The first-order chi connectivity index (χ1) is 16.8. The van der Waals surface area contributed by atoms with Crippen LogP contribution in [0.5, 0.6) is 23.1 Å². The van der Waals surface area contributed by atoms with E-state index < -0.39 is 0 Å². The van der Waals surface area contributed by atoms with E-state index in [4.69, 9.17) is 14.2 Å². The SMILES string of the molecule is COc1ccc(C(=O)Nc2ccc(Oc3cc(-n4nc(C)c(C)c4C)nc(C)n3)cc2)cc1OC. The molecular formula is C26H27N5O4. The molecule has 2 heterocycles. The van der Waals surface area contributed by atoms with Gasteiger partial charge >= 0.3 is 0 Å². The summed E-state index contributed by atoms with van der Waals surface area (Å²) in [7, 11) is 3.07. The molecule has 35 heavy (non-hydrogen) atoms. The molecule has 1 amide bonds. The third-order valence-corrected chi connectivity index (χ3v) is 5.65. The third-order valence-electron chi connectivity index (χ3n) is 5.65. The second-order valence-corrected chi connectivity index (χ2v) is 7.97. The Morgan fingerprint density at radius 2 is 1.60 bits per heavy atom. The maximum absolute atomic E-state index is 12.7. The van der Waals surface area contributed by atoms with Crippen LogP contribution in [0.2, 0.25) is 0 Å². The first-order valence-corrected chi connectivity index (χ1v) is 11.0. The Hall–Kier alpha value is -4.40. The Morgan fingerprint density at radius 1 is 0.886 bits per heavy atom. The van der Waals surface area contributed by atoms with Gasteiger partial charge in [0.15, 0.2) is 17.3 Å². The van der Waals surface area contributed by atoms with Crippen molar-refractivity contribution < 1.29 is 19.0 Å². The largest absolute Gasteiger partial charge is 0.493 e. The minimum atomic E-state index is -0.268. The van der Waals surface area contributed by atoms with Crippen LogP contribution in [0.3, 0.4) is 0 Å². The van der Waals surface area contributed by atoms with E-state index in [1.54, 1.807) is 60.3 Å². The lowest BCUT2D eigenvalue weighted by atomic mass is 10.2. The first kappa shape index (κ1) is 23.7. The molecule has 0 bridgehead atoms. The number of carbonyl (C=O) groups is 1. The number of carbonyl (C=O) groups excluding carboxylic acids is 1. The van der Waals surface area contributed by atoms with Crippen molar-refractivity contribution in [3.8, 4) is 28.9 Å². The monoisotopic (exact) mass is 473 g/mol. The van der Waals surface area contributed by atoms with Crippen LogP contribution in [0.15, 0.2) is 48.5 Å². The van der Waals surface area contributed by atoms with Gasteiger partial charge in [-0.2, -0.15) is 10.1 Å². The van der Waals surface area contributed by atoms with Gasteiger partial charge in [-0.05, 0) is 75.7 Å². The molecule has 0 aliphatic rings. The van der Waals surface area contributed by atoms with Crippen molar-refractivity contribution in [2.45, 2.75) is 27.7 Å². The van der Waals surface area contributed by atoms with Crippen LogP contribution in [0.4, 0.5) is 5.69 Å². The molecule has 9 heteroatoms. The number of amides is 1. The van der Waals surface area contributed by atoms with Gasteiger partial charge < -0.3 is 19.5 Å². The summed E-state index contributed by atoms with van der Waals surface area (Å²) in [6.07, 6.45) is 0. The van der Waals surface area contributed by atoms with Crippen molar-refractivity contribution in [2.24, 2.45) is 0 Å². The topological polar surface area (TPSA) is 100 Å². The van der Waals surface area contributed by atoms with E-state index in [9.17, 15) is 4.79 Å². The minimum Gasteiger partial charge on any atom is -0.493 e. The minimum absolute atomic E-state index is 0.268. The standard InChI is InChI=1S/C26H27N5O4/c1-15-16(2)30-31(17(15)3)24-14-25(28-18(4)27-24)35-21-10-8-20(9-11-21)29-26(32)19-7-12-22(33-5)23(13-19)34-6/h7-14H,1-6H3,(H,29,32). The highest BCUT2D eigenvalue weighted by molar-refractivity contribution is 6.04. The number of rotatable bonds is 7. The van der Waals surface area contributed by atoms with E-state index in [0.29, 0.717) is 46.0 Å². The number of methoxy groups -OCH3 is 2. The molecule has 9 nitrogen and oxygen atoms in total. The van der Waals surface area contributed by atoms with Crippen molar-refractivity contribution in [2.75, 3.05) is 19.5 Å². The van der Waals surface area contributed by atoms with Gasteiger partial charge in [0.1, 0.15) is 11.6 Å². The summed E-state index contributed by atoms with van der Waals surface area (Å²) in [5, 5.41) is 7.43. The number of hydrogen-bond donors (Lipinski definition) is 1. The Morgan fingerprint density at radius 3 is 2.23 bits per heavy atom. The smallest absolute Gasteiger partial charge is 0.255 e. The highest BCUT2D eigenvalue weighted by atomic mass is 16.5. The zero-order valence-electron chi connectivity index (χ0n) is 20.5. The lowest BCUT2D eigenvalue weighted by molar-refractivity contribution is 0.102. The average Bonchev–Trinajstić information content (AvgIpc) is 3.11. The maximum Gasteiger partial charge on any atom is 0.255 e. The molecule has 0 saturated carbocycles. The van der Waals surface area contributed by atoms with E-state index in [0.717, 1.165) is 17.0 Å². The van der Waals surface area contributed by atoms with Crippen molar-refractivity contribution in [1.82, 2.24) is 19.7 Å². The van der Waals surface area contributed by atoms with Crippen molar-refractivity contribution >= 4 is 11.6 Å². The normalized spacial score (nSPS) is 10.7. The lowest BCUT2D eigenvalue weighted by Crippen LogP contribution is -2.12. The third kappa shape index (κ3) is 5.08. The molecular weight excluding hydrogens is 446 g/mol. The molecule has 0 radical (unpaired) electrons. The number of hydrogen-bond acceptors (Lipinski definition) is 7. The molecule has 2 aromatic carbocycles. The van der Waals surface area contributed by atoms with Crippen LogP contribution >= 0.6 is 0 Å². The number of ether oxygens (including phenoxy) is 3. The summed E-state index contributed by atoms with van der Waals surface area (Å²) in [6, 6.07) is 13.8. The molecule has 4 rings (SSSR count).